The second-order valence-corrected chi connectivity index (χ2v) is 19.5. The number of rotatable bonds is 53. The monoisotopic (exact) mass is 963 g/mol. The van der Waals surface area contributed by atoms with Crippen molar-refractivity contribution in [3.63, 3.8) is 0 Å². The van der Waals surface area contributed by atoms with Crippen molar-refractivity contribution in [1.82, 2.24) is 0 Å². The van der Waals surface area contributed by atoms with Gasteiger partial charge in [0.1, 0.15) is 13.2 Å². The SMILES string of the molecule is CC/C=C\C/C=C\C/C=C\C/C=C\CCCCCCCCCCCCCCC(=O)OCC(COC(=O)CCCCCCCCCCCCC)OC(=O)CCCCCCC/C=C\C/C=C\CCCCC. The van der Waals surface area contributed by atoms with Crippen molar-refractivity contribution in [3.8, 4) is 0 Å². The molecule has 0 radical (unpaired) electrons. The molecule has 0 bridgehead atoms. The highest BCUT2D eigenvalue weighted by atomic mass is 16.6. The predicted octanol–water partition coefficient (Wildman–Crippen LogP) is 19.8. The van der Waals surface area contributed by atoms with Gasteiger partial charge in [-0.05, 0) is 89.9 Å². The summed E-state index contributed by atoms with van der Waals surface area (Å²) in [5.41, 5.74) is 0. The van der Waals surface area contributed by atoms with Crippen molar-refractivity contribution in [2.45, 2.75) is 297 Å². The maximum absolute atomic E-state index is 12.8. The van der Waals surface area contributed by atoms with Crippen LogP contribution in [-0.4, -0.2) is 37.2 Å². The van der Waals surface area contributed by atoms with E-state index in [1.165, 1.54) is 141 Å². The molecule has 398 valence electrons. The first-order valence-corrected chi connectivity index (χ1v) is 29.4. The Morgan fingerprint density at radius 2 is 0.565 bits per heavy atom. The van der Waals surface area contributed by atoms with Gasteiger partial charge in [0, 0.05) is 19.3 Å². The first kappa shape index (κ1) is 65.8. The summed E-state index contributed by atoms with van der Waals surface area (Å²) in [4.78, 5) is 38.1. The Balaban J connectivity index is 4.26. The van der Waals surface area contributed by atoms with Crippen LogP contribution in [0.4, 0.5) is 0 Å². The minimum Gasteiger partial charge on any atom is -0.462 e. The molecule has 6 nitrogen and oxygen atoms in total. The van der Waals surface area contributed by atoms with Gasteiger partial charge < -0.3 is 14.2 Å². The molecule has 0 N–H and O–H groups in total. The maximum Gasteiger partial charge on any atom is 0.306 e. The van der Waals surface area contributed by atoms with Crippen LogP contribution in [0.2, 0.25) is 0 Å². The molecule has 6 heteroatoms. The van der Waals surface area contributed by atoms with E-state index in [4.69, 9.17) is 14.2 Å². The third-order valence-corrected chi connectivity index (χ3v) is 12.7. The fourth-order valence-electron chi connectivity index (χ4n) is 8.29. The molecule has 0 aromatic carbocycles. The number of unbranched alkanes of at least 4 members (excludes halogenated alkanes) is 30. The fourth-order valence-corrected chi connectivity index (χ4v) is 8.29. The first-order chi connectivity index (χ1) is 34.0. The quantitative estimate of drug-likeness (QED) is 0.0262. The molecule has 0 aliphatic carbocycles. The Labute approximate surface area is 427 Å². The van der Waals surface area contributed by atoms with E-state index in [0.29, 0.717) is 19.3 Å². The summed E-state index contributed by atoms with van der Waals surface area (Å²) in [6.45, 7) is 6.50. The molecule has 0 aromatic rings. The van der Waals surface area contributed by atoms with Gasteiger partial charge in [0.05, 0.1) is 0 Å². The molecule has 0 aromatic heterocycles. The van der Waals surface area contributed by atoms with Crippen molar-refractivity contribution in [2.24, 2.45) is 0 Å². The molecule has 0 saturated carbocycles. The molecule has 1 unspecified atom stereocenters. The molecule has 0 aliphatic heterocycles. The highest BCUT2D eigenvalue weighted by Crippen LogP contribution is 2.16. The number of allylic oxidation sites excluding steroid dienone is 12. The highest BCUT2D eigenvalue weighted by molar-refractivity contribution is 5.71. The first-order valence-electron chi connectivity index (χ1n) is 29.4. The molecule has 0 rings (SSSR count). The van der Waals surface area contributed by atoms with Gasteiger partial charge in [-0.15, -0.1) is 0 Å². The maximum atomic E-state index is 12.8. The average molecular weight is 964 g/mol. The van der Waals surface area contributed by atoms with Gasteiger partial charge in [0.2, 0.25) is 0 Å². The highest BCUT2D eigenvalue weighted by Gasteiger charge is 2.19. The topological polar surface area (TPSA) is 78.9 Å². The molecule has 0 fully saturated rings. The van der Waals surface area contributed by atoms with Crippen LogP contribution < -0.4 is 0 Å². The molecule has 69 heavy (non-hydrogen) atoms. The standard InChI is InChI=1S/C63H110O6/c1-4-7-10-13-16-19-22-24-26-27-28-29-30-31-32-33-34-35-37-38-41-44-47-50-53-56-62(65)68-59-60(58-67-61(64)55-52-49-46-43-40-21-18-15-12-9-6-3)69-63(66)57-54-51-48-45-42-39-36-25-23-20-17-14-11-8-5-2/h7,10,16-17,19-20,24-26,28-29,36,60H,4-6,8-9,11-15,18,21-23,27,30-35,37-59H2,1-3H3/b10-7-,19-16-,20-17-,26-24-,29-28-,36-25-. The molecular formula is C63H110O6. The average Bonchev–Trinajstić information content (AvgIpc) is 3.35. The lowest BCUT2D eigenvalue weighted by Gasteiger charge is -2.18. The van der Waals surface area contributed by atoms with Crippen LogP contribution in [0, 0.1) is 0 Å². The van der Waals surface area contributed by atoms with Crippen molar-refractivity contribution < 1.29 is 28.6 Å². The third-order valence-electron chi connectivity index (χ3n) is 12.7. The summed E-state index contributed by atoms with van der Waals surface area (Å²) in [5, 5.41) is 0. The van der Waals surface area contributed by atoms with Crippen LogP contribution in [0.25, 0.3) is 0 Å². The summed E-state index contributed by atoms with van der Waals surface area (Å²) in [5.74, 6) is -0.886. The Kier molecular flexibility index (Phi) is 54.8. The van der Waals surface area contributed by atoms with Crippen LogP contribution in [0.3, 0.4) is 0 Å². The number of ether oxygens (including phenoxy) is 3. The zero-order valence-electron chi connectivity index (χ0n) is 45.6. The largest absolute Gasteiger partial charge is 0.462 e. The molecule has 1 atom stereocenters. The minimum absolute atomic E-state index is 0.0786. The van der Waals surface area contributed by atoms with Gasteiger partial charge in [-0.1, -0.05) is 254 Å². The lowest BCUT2D eigenvalue weighted by Crippen LogP contribution is -2.30. The van der Waals surface area contributed by atoms with Crippen molar-refractivity contribution in [1.29, 1.82) is 0 Å². The van der Waals surface area contributed by atoms with Gasteiger partial charge in [0.15, 0.2) is 6.10 Å². The zero-order valence-corrected chi connectivity index (χ0v) is 45.6. The van der Waals surface area contributed by atoms with Crippen molar-refractivity contribution in [3.05, 3.63) is 72.9 Å². The normalized spacial score (nSPS) is 12.6. The van der Waals surface area contributed by atoms with Gasteiger partial charge in [0.25, 0.3) is 0 Å². The lowest BCUT2D eigenvalue weighted by atomic mass is 10.0. The second-order valence-electron chi connectivity index (χ2n) is 19.5. The Bertz CT molecular complexity index is 1290. The fraction of sp³-hybridized carbons (Fsp3) is 0.762. The van der Waals surface area contributed by atoms with Gasteiger partial charge in [-0.3, -0.25) is 14.4 Å². The van der Waals surface area contributed by atoms with Crippen molar-refractivity contribution >= 4 is 17.9 Å². The Hall–Kier alpha value is -3.15. The second kappa shape index (κ2) is 57.4. The summed E-state index contributed by atoms with van der Waals surface area (Å²) < 4.78 is 16.8. The number of carbonyl (C=O) groups is 3. The van der Waals surface area contributed by atoms with Crippen LogP contribution in [-0.2, 0) is 28.6 Å². The number of esters is 3. The third kappa shape index (κ3) is 55.6. The minimum atomic E-state index is -0.781. The smallest absolute Gasteiger partial charge is 0.306 e. The van der Waals surface area contributed by atoms with Crippen LogP contribution in [0.5, 0.6) is 0 Å². The van der Waals surface area contributed by atoms with Gasteiger partial charge in [-0.2, -0.15) is 0 Å². The summed E-state index contributed by atoms with van der Waals surface area (Å²) in [7, 11) is 0. The molecule has 0 spiro atoms. The number of hydrogen-bond donors (Lipinski definition) is 0. The van der Waals surface area contributed by atoms with Crippen LogP contribution in [0.1, 0.15) is 290 Å². The summed E-state index contributed by atoms with van der Waals surface area (Å²) in [6.07, 6.45) is 73.3. The number of hydrogen-bond acceptors (Lipinski definition) is 6. The molecular weight excluding hydrogens is 853 g/mol. The van der Waals surface area contributed by atoms with E-state index < -0.39 is 6.10 Å². The molecule has 0 saturated heterocycles. The van der Waals surface area contributed by atoms with E-state index in [0.717, 1.165) is 109 Å². The summed E-state index contributed by atoms with van der Waals surface area (Å²) >= 11 is 0. The van der Waals surface area contributed by atoms with Crippen LogP contribution >= 0.6 is 0 Å². The van der Waals surface area contributed by atoms with E-state index in [-0.39, 0.29) is 31.1 Å². The molecule has 0 amide bonds. The van der Waals surface area contributed by atoms with Crippen molar-refractivity contribution in [2.75, 3.05) is 13.2 Å². The van der Waals surface area contributed by atoms with E-state index in [2.05, 4.69) is 93.7 Å². The molecule has 0 aliphatic rings. The Morgan fingerprint density at radius 1 is 0.304 bits per heavy atom. The van der Waals surface area contributed by atoms with E-state index in [1.807, 2.05) is 0 Å². The van der Waals surface area contributed by atoms with Crippen LogP contribution in [0.15, 0.2) is 72.9 Å². The van der Waals surface area contributed by atoms with E-state index in [1.54, 1.807) is 0 Å². The van der Waals surface area contributed by atoms with Gasteiger partial charge in [-0.25, -0.2) is 0 Å². The number of carbonyl (C=O) groups excluding carboxylic acids is 3. The Morgan fingerprint density at radius 3 is 0.913 bits per heavy atom. The predicted molar refractivity (Wildman–Crippen MR) is 298 cm³/mol. The van der Waals surface area contributed by atoms with E-state index in [9.17, 15) is 14.4 Å². The summed E-state index contributed by atoms with van der Waals surface area (Å²) in [6, 6.07) is 0. The zero-order chi connectivity index (χ0) is 50.0. The molecule has 0 heterocycles. The van der Waals surface area contributed by atoms with E-state index >= 15 is 0 Å². The lowest BCUT2D eigenvalue weighted by molar-refractivity contribution is -0.167. The van der Waals surface area contributed by atoms with Gasteiger partial charge >= 0.3 is 17.9 Å².